The zero-order valence-corrected chi connectivity index (χ0v) is 16.1. The number of fused-ring (bicyclic) bond motifs is 1. The Kier molecular flexibility index (Phi) is 5.51. The third-order valence-corrected chi connectivity index (χ3v) is 4.47. The number of halogens is 1. The van der Waals surface area contributed by atoms with Gasteiger partial charge in [0.25, 0.3) is 0 Å². The molecular weight excluding hydrogens is 354 g/mol. The summed E-state index contributed by atoms with van der Waals surface area (Å²) in [5.41, 5.74) is 0.257. The minimum Gasteiger partial charge on any atom is -0.491 e. The summed E-state index contributed by atoms with van der Waals surface area (Å²) >= 11 is 5.90. The standard InChI is InChI=1S/C19H24ClN3O3/c1-19(2,3)26-18(24)23-9-7-13(8-10-23)12-25-15-6-4-5-14-11-21-17(20)22-16(14)15/h4-6,11,13H,7-10,12H2,1-3H3. The fourth-order valence-electron chi connectivity index (χ4n) is 2.94. The highest BCUT2D eigenvalue weighted by Gasteiger charge is 2.27. The van der Waals surface area contributed by atoms with E-state index in [4.69, 9.17) is 21.1 Å². The molecular formula is C19H24ClN3O3. The molecule has 140 valence electrons. The lowest BCUT2D eigenvalue weighted by Gasteiger charge is -2.33. The molecule has 0 N–H and O–H groups in total. The highest BCUT2D eigenvalue weighted by atomic mass is 35.5. The second-order valence-electron chi connectivity index (χ2n) is 7.55. The van der Waals surface area contributed by atoms with E-state index in [-0.39, 0.29) is 11.4 Å². The lowest BCUT2D eigenvalue weighted by atomic mass is 9.98. The second kappa shape index (κ2) is 7.66. The van der Waals surface area contributed by atoms with E-state index in [9.17, 15) is 4.79 Å². The highest BCUT2D eigenvalue weighted by Crippen LogP contribution is 2.26. The molecule has 1 fully saturated rings. The molecule has 2 heterocycles. The number of likely N-dealkylation sites (tertiary alicyclic amines) is 1. The van der Waals surface area contributed by atoms with Crippen LogP contribution in [0.2, 0.25) is 5.28 Å². The molecule has 1 aromatic carbocycles. The van der Waals surface area contributed by atoms with Gasteiger partial charge in [0.1, 0.15) is 16.9 Å². The zero-order chi connectivity index (χ0) is 18.7. The molecule has 0 bridgehead atoms. The first-order valence-electron chi connectivity index (χ1n) is 8.84. The van der Waals surface area contributed by atoms with Gasteiger partial charge >= 0.3 is 6.09 Å². The van der Waals surface area contributed by atoms with E-state index in [0.29, 0.717) is 31.4 Å². The van der Waals surface area contributed by atoms with Crippen LogP contribution in [0.1, 0.15) is 33.6 Å². The van der Waals surface area contributed by atoms with Gasteiger partial charge in [0, 0.05) is 24.7 Å². The van der Waals surface area contributed by atoms with E-state index in [1.807, 2.05) is 39.0 Å². The molecule has 0 atom stereocenters. The monoisotopic (exact) mass is 377 g/mol. The van der Waals surface area contributed by atoms with Crippen molar-refractivity contribution in [3.63, 3.8) is 0 Å². The molecule has 26 heavy (non-hydrogen) atoms. The minimum absolute atomic E-state index is 0.208. The van der Waals surface area contributed by atoms with Gasteiger partial charge in [-0.3, -0.25) is 0 Å². The van der Waals surface area contributed by atoms with Crippen LogP contribution in [0.25, 0.3) is 10.9 Å². The average Bonchev–Trinajstić information content (AvgIpc) is 2.59. The summed E-state index contributed by atoms with van der Waals surface area (Å²) in [6, 6.07) is 5.74. The van der Waals surface area contributed by atoms with Crippen LogP contribution in [-0.2, 0) is 4.74 Å². The summed E-state index contributed by atoms with van der Waals surface area (Å²) in [4.78, 5) is 22.2. The molecule has 0 saturated carbocycles. The number of para-hydroxylation sites is 1. The molecule has 0 radical (unpaired) electrons. The van der Waals surface area contributed by atoms with Gasteiger partial charge in [-0.1, -0.05) is 12.1 Å². The Labute approximate surface area is 158 Å². The number of ether oxygens (including phenoxy) is 2. The van der Waals surface area contributed by atoms with Crippen molar-refractivity contribution in [2.24, 2.45) is 5.92 Å². The summed E-state index contributed by atoms with van der Waals surface area (Å²) in [7, 11) is 0. The van der Waals surface area contributed by atoms with Crippen molar-refractivity contribution in [1.82, 2.24) is 14.9 Å². The van der Waals surface area contributed by atoms with Crippen LogP contribution in [0.5, 0.6) is 5.75 Å². The second-order valence-corrected chi connectivity index (χ2v) is 7.89. The van der Waals surface area contributed by atoms with Crippen molar-refractivity contribution in [3.8, 4) is 5.75 Å². The Morgan fingerprint density at radius 1 is 1.31 bits per heavy atom. The first-order chi connectivity index (χ1) is 12.3. The number of nitrogens with zero attached hydrogens (tertiary/aromatic N) is 3. The van der Waals surface area contributed by atoms with E-state index in [1.165, 1.54) is 0 Å². The number of rotatable bonds is 3. The van der Waals surface area contributed by atoms with Gasteiger partial charge in [0.15, 0.2) is 0 Å². The third-order valence-electron chi connectivity index (χ3n) is 4.29. The Hall–Kier alpha value is -2.08. The highest BCUT2D eigenvalue weighted by molar-refractivity contribution is 6.28. The number of hydrogen-bond donors (Lipinski definition) is 0. The van der Waals surface area contributed by atoms with Crippen LogP contribution in [0, 0.1) is 5.92 Å². The van der Waals surface area contributed by atoms with Gasteiger partial charge in [-0.15, -0.1) is 0 Å². The lowest BCUT2D eigenvalue weighted by molar-refractivity contribution is 0.0165. The Bertz CT molecular complexity index is 783. The lowest BCUT2D eigenvalue weighted by Crippen LogP contribution is -2.42. The van der Waals surface area contributed by atoms with Crippen LogP contribution in [0.4, 0.5) is 4.79 Å². The van der Waals surface area contributed by atoms with Crippen molar-refractivity contribution in [2.45, 2.75) is 39.2 Å². The number of benzene rings is 1. The van der Waals surface area contributed by atoms with Crippen LogP contribution < -0.4 is 4.74 Å². The summed E-state index contributed by atoms with van der Waals surface area (Å²) in [5.74, 6) is 1.10. The van der Waals surface area contributed by atoms with Crippen LogP contribution in [0.15, 0.2) is 24.4 Å². The van der Waals surface area contributed by atoms with E-state index < -0.39 is 5.60 Å². The van der Waals surface area contributed by atoms with Gasteiger partial charge in [0.05, 0.1) is 6.61 Å². The molecule has 0 unspecified atom stereocenters. The quantitative estimate of drug-likeness (QED) is 0.746. The number of piperidine rings is 1. The Morgan fingerprint density at radius 2 is 2.04 bits per heavy atom. The predicted molar refractivity (Wildman–Crippen MR) is 101 cm³/mol. The average molecular weight is 378 g/mol. The van der Waals surface area contributed by atoms with Gasteiger partial charge < -0.3 is 14.4 Å². The topological polar surface area (TPSA) is 64.5 Å². The SMILES string of the molecule is CC(C)(C)OC(=O)N1CCC(COc2cccc3cnc(Cl)nc23)CC1. The number of carbonyl (C=O) groups excluding carboxylic acids is 1. The molecule has 1 aromatic heterocycles. The van der Waals surface area contributed by atoms with Crippen molar-refractivity contribution >= 4 is 28.6 Å². The maximum Gasteiger partial charge on any atom is 0.410 e. The summed E-state index contributed by atoms with van der Waals surface area (Å²) < 4.78 is 11.4. The predicted octanol–water partition coefficient (Wildman–Crippen LogP) is 4.31. The molecule has 1 amide bonds. The summed E-state index contributed by atoms with van der Waals surface area (Å²) in [6.45, 7) is 7.60. The first kappa shape index (κ1) is 18.7. The number of hydrogen-bond acceptors (Lipinski definition) is 5. The molecule has 6 nitrogen and oxygen atoms in total. The fourth-order valence-corrected chi connectivity index (χ4v) is 3.07. The summed E-state index contributed by atoms with van der Waals surface area (Å²) in [6.07, 6.45) is 3.23. The van der Waals surface area contributed by atoms with Gasteiger partial charge in [0.2, 0.25) is 5.28 Å². The molecule has 3 rings (SSSR count). The molecule has 0 aliphatic carbocycles. The minimum atomic E-state index is -0.464. The van der Waals surface area contributed by atoms with E-state index in [1.54, 1.807) is 11.1 Å². The molecule has 1 aliphatic rings. The van der Waals surface area contributed by atoms with Gasteiger partial charge in [-0.2, -0.15) is 0 Å². The van der Waals surface area contributed by atoms with Gasteiger partial charge in [-0.05, 0) is 57.2 Å². The van der Waals surface area contributed by atoms with Crippen LogP contribution >= 0.6 is 11.6 Å². The first-order valence-corrected chi connectivity index (χ1v) is 9.21. The fraction of sp³-hybridized carbons (Fsp3) is 0.526. The van der Waals surface area contributed by atoms with Crippen molar-refractivity contribution in [3.05, 3.63) is 29.7 Å². The molecule has 0 spiro atoms. The maximum atomic E-state index is 12.1. The van der Waals surface area contributed by atoms with E-state index >= 15 is 0 Å². The van der Waals surface area contributed by atoms with Crippen molar-refractivity contribution in [1.29, 1.82) is 0 Å². The zero-order valence-electron chi connectivity index (χ0n) is 15.4. The van der Waals surface area contributed by atoms with Crippen LogP contribution in [-0.4, -0.2) is 46.3 Å². The van der Waals surface area contributed by atoms with Crippen LogP contribution in [0.3, 0.4) is 0 Å². The number of amides is 1. The normalized spacial score (nSPS) is 15.9. The molecule has 7 heteroatoms. The molecule has 1 aliphatic heterocycles. The van der Waals surface area contributed by atoms with E-state index in [0.717, 1.165) is 23.7 Å². The van der Waals surface area contributed by atoms with Crippen molar-refractivity contribution in [2.75, 3.05) is 19.7 Å². The van der Waals surface area contributed by atoms with Gasteiger partial charge in [-0.25, -0.2) is 14.8 Å². The number of carbonyl (C=O) groups is 1. The number of aromatic nitrogens is 2. The Morgan fingerprint density at radius 3 is 2.73 bits per heavy atom. The maximum absolute atomic E-state index is 12.1. The smallest absolute Gasteiger partial charge is 0.410 e. The summed E-state index contributed by atoms with van der Waals surface area (Å²) in [5, 5.41) is 1.10. The third kappa shape index (κ3) is 4.75. The molecule has 2 aromatic rings. The van der Waals surface area contributed by atoms with Crippen molar-refractivity contribution < 1.29 is 14.3 Å². The largest absolute Gasteiger partial charge is 0.491 e. The Balaban J connectivity index is 1.55. The molecule has 1 saturated heterocycles. The van der Waals surface area contributed by atoms with E-state index in [2.05, 4.69) is 9.97 Å².